The summed E-state index contributed by atoms with van der Waals surface area (Å²) in [6.07, 6.45) is 3.78. The van der Waals surface area contributed by atoms with Crippen LogP contribution in [0, 0.1) is 11.7 Å². The number of aryl methyl sites for hydroxylation is 1. The Morgan fingerprint density at radius 3 is 2.53 bits per heavy atom. The molecule has 17 heavy (non-hydrogen) atoms. The Kier molecular flexibility index (Phi) is 3.81. The lowest BCUT2D eigenvalue weighted by molar-refractivity contribution is 1.22. The summed E-state index contributed by atoms with van der Waals surface area (Å²) < 4.78 is 1.81. The summed E-state index contributed by atoms with van der Waals surface area (Å²) in [5.41, 5.74) is 2.24. The Balaban J connectivity index is 0.000000136. The number of imidazole rings is 1. The summed E-state index contributed by atoms with van der Waals surface area (Å²) in [4.78, 5) is 8.87. The van der Waals surface area contributed by atoms with E-state index < -0.39 is 0 Å². The van der Waals surface area contributed by atoms with Crippen LogP contribution in [0.4, 0.5) is 0 Å². The summed E-state index contributed by atoms with van der Waals surface area (Å²) in [6.45, 7) is 1.95. The van der Waals surface area contributed by atoms with Crippen molar-refractivity contribution >= 4 is 39.1 Å². The first-order chi connectivity index (χ1) is 8.16. The molecule has 0 radical (unpaired) electrons. The van der Waals surface area contributed by atoms with Gasteiger partial charge in [-0.2, -0.15) is 0 Å². The fraction of sp³-hybridized carbons (Fsp3) is 0.0833. The van der Waals surface area contributed by atoms with Gasteiger partial charge < -0.3 is 15.0 Å². The zero-order valence-corrected chi connectivity index (χ0v) is 11.7. The number of hydrogen-bond donors (Lipinski definition) is 3. The molecule has 0 atom stereocenters. The van der Waals surface area contributed by atoms with Crippen LogP contribution in [-0.4, -0.2) is 15.0 Å². The van der Waals surface area contributed by atoms with E-state index in [-0.39, 0.29) is 0 Å². The molecule has 3 nitrogen and oxygen atoms in total. The van der Waals surface area contributed by atoms with Gasteiger partial charge in [-0.15, -0.1) is 0 Å². The molecule has 3 N–H and O–H groups in total. The van der Waals surface area contributed by atoms with Gasteiger partial charge in [-0.3, -0.25) is 0 Å². The highest BCUT2D eigenvalue weighted by molar-refractivity contribution is 9.10. The first-order valence-corrected chi connectivity index (χ1v) is 6.33. The van der Waals surface area contributed by atoms with E-state index in [9.17, 15) is 0 Å². The zero-order valence-electron chi connectivity index (χ0n) is 9.25. The maximum atomic E-state index is 4.72. The van der Waals surface area contributed by atoms with Crippen molar-refractivity contribution < 1.29 is 0 Å². The minimum atomic E-state index is 0.692. The van der Waals surface area contributed by atoms with Crippen molar-refractivity contribution in [3.05, 3.63) is 51.6 Å². The summed E-state index contributed by atoms with van der Waals surface area (Å²) in [6, 6.07) is 8.19. The number of rotatable bonds is 0. The number of aromatic amines is 3. The molecule has 0 bridgehead atoms. The molecule has 3 aromatic rings. The van der Waals surface area contributed by atoms with Gasteiger partial charge in [-0.25, -0.2) is 0 Å². The molecule has 2 heterocycles. The molecule has 1 aromatic carbocycles. The number of H-pyrrole nitrogens is 3. The number of benzene rings is 1. The van der Waals surface area contributed by atoms with Gasteiger partial charge in [-0.1, -0.05) is 12.1 Å². The van der Waals surface area contributed by atoms with Crippen molar-refractivity contribution in [1.29, 1.82) is 0 Å². The van der Waals surface area contributed by atoms with Crippen molar-refractivity contribution in [3.8, 4) is 0 Å². The average molecular weight is 310 g/mol. The Morgan fingerprint density at radius 2 is 2.00 bits per heavy atom. The Labute approximate surface area is 112 Å². The molecule has 0 saturated carbocycles. The van der Waals surface area contributed by atoms with Crippen LogP contribution in [0.1, 0.15) is 5.69 Å². The second kappa shape index (κ2) is 5.33. The number of aromatic nitrogens is 3. The van der Waals surface area contributed by atoms with Gasteiger partial charge in [0.25, 0.3) is 0 Å². The van der Waals surface area contributed by atoms with Gasteiger partial charge in [0.15, 0.2) is 4.77 Å². The lowest BCUT2D eigenvalue weighted by Crippen LogP contribution is -1.67. The minimum absolute atomic E-state index is 0.692. The van der Waals surface area contributed by atoms with Gasteiger partial charge in [0.2, 0.25) is 0 Å². The van der Waals surface area contributed by atoms with Crippen LogP contribution in [0.2, 0.25) is 0 Å². The van der Waals surface area contributed by atoms with Gasteiger partial charge in [0.1, 0.15) is 0 Å². The fourth-order valence-corrected chi connectivity index (χ4v) is 2.19. The molecule has 0 aliphatic rings. The first-order valence-electron chi connectivity index (χ1n) is 5.13. The van der Waals surface area contributed by atoms with Crippen LogP contribution in [0.25, 0.3) is 10.9 Å². The largest absolute Gasteiger partial charge is 0.360 e. The van der Waals surface area contributed by atoms with Crippen LogP contribution in [-0.2, 0) is 0 Å². The summed E-state index contributed by atoms with van der Waals surface area (Å²) >= 11 is 8.17. The predicted octanol–water partition coefficient (Wildman–Crippen LogP) is 4.31. The van der Waals surface area contributed by atoms with E-state index in [2.05, 4.69) is 43.0 Å². The normalized spacial score (nSPS) is 10.0. The number of hydrogen-bond acceptors (Lipinski definition) is 1. The quantitative estimate of drug-likeness (QED) is 0.532. The van der Waals surface area contributed by atoms with Crippen LogP contribution in [0.15, 0.2) is 41.1 Å². The predicted molar refractivity (Wildman–Crippen MR) is 76.7 cm³/mol. The molecule has 0 fully saturated rings. The summed E-state index contributed by atoms with van der Waals surface area (Å²) in [5, 5.41) is 1.24. The number of fused-ring (bicyclic) bond motifs is 1. The molecule has 3 rings (SSSR count). The molecule has 0 aliphatic heterocycles. The first kappa shape index (κ1) is 12.1. The average Bonchev–Trinajstić information content (AvgIpc) is 2.89. The van der Waals surface area contributed by atoms with Gasteiger partial charge in [0, 0.05) is 27.9 Å². The standard InChI is InChI=1S/C8H6BrN.C4H6N2S/c9-7-3-1-2-6-4-5-10-8(6)7;1-3-2-5-4(7)6-3/h1-5,10H;2H,1H3,(H2,5,6,7). The Morgan fingerprint density at radius 1 is 1.18 bits per heavy atom. The lowest BCUT2D eigenvalue weighted by atomic mass is 10.3. The smallest absolute Gasteiger partial charge is 0.174 e. The highest BCUT2D eigenvalue weighted by atomic mass is 79.9. The molecule has 0 amide bonds. The molecular weight excluding hydrogens is 298 g/mol. The second-order valence-corrected chi connectivity index (χ2v) is 4.87. The van der Waals surface area contributed by atoms with Crippen LogP contribution < -0.4 is 0 Å². The Hall–Kier alpha value is -1.33. The third-order valence-corrected chi connectivity index (χ3v) is 3.15. The summed E-state index contributed by atoms with van der Waals surface area (Å²) in [5.74, 6) is 0. The van der Waals surface area contributed by atoms with Crippen LogP contribution in [0.3, 0.4) is 0 Å². The van der Waals surface area contributed by atoms with E-state index in [1.165, 1.54) is 10.9 Å². The van der Waals surface area contributed by atoms with E-state index in [1.807, 2.05) is 31.5 Å². The maximum absolute atomic E-state index is 4.72. The molecule has 5 heteroatoms. The Bertz CT molecular complexity index is 665. The van der Waals surface area contributed by atoms with E-state index in [0.29, 0.717) is 4.77 Å². The molecule has 0 unspecified atom stereocenters. The highest BCUT2D eigenvalue weighted by Gasteiger charge is 1.95. The minimum Gasteiger partial charge on any atom is -0.360 e. The topological polar surface area (TPSA) is 47.4 Å². The van der Waals surface area contributed by atoms with Crippen LogP contribution in [0.5, 0.6) is 0 Å². The molecule has 2 aromatic heterocycles. The second-order valence-electron chi connectivity index (χ2n) is 3.61. The molecular formula is C12H12BrN3S. The maximum Gasteiger partial charge on any atom is 0.174 e. The number of para-hydroxylation sites is 1. The van der Waals surface area contributed by atoms with E-state index in [4.69, 9.17) is 12.2 Å². The van der Waals surface area contributed by atoms with Crippen molar-refractivity contribution in [3.63, 3.8) is 0 Å². The van der Waals surface area contributed by atoms with Crippen molar-refractivity contribution in [2.75, 3.05) is 0 Å². The van der Waals surface area contributed by atoms with Crippen LogP contribution >= 0.6 is 28.1 Å². The molecule has 0 spiro atoms. The van der Waals surface area contributed by atoms with Gasteiger partial charge >= 0.3 is 0 Å². The third kappa shape index (κ3) is 3.08. The third-order valence-electron chi connectivity index (χ3n) is 2.27. The lowest BCUT2D eigenvalue weighted by Gasteiger charge is -1.90. The van der Waals surface area contributed by atoms with Crippen molar-refractivity contribution in [1.82, 2.24) is 15.0 Å². The van der Waals surface area contributed by atoms with Crippen molar-refractivity contribution in [2.24, 2.45) is 0 Å². The van der Waals surface area contributed by atoms with E-state index in [1.54, 1.807) is 0 Å². The monoisotopic (exact) mass is 309 g/mol. The SMILES string of the molecule is Brc1cccc2cc[nH]c12.Cc1c[nH]c(=S)[nH]1. The zero-order chi connectivity index (χ0) is 12.3. The van der Waals surface area contributed by atoms with E-state index in [0.717, 1.165) is 10.2 Å². The fourth-order valence-electron chi connectivity index (χ4n) is 1.47. The number of nitrogens with one attached hydrogen (secondary N) is 3. The summed E-state index contributed by atoms with van der Waals surface area (Å²) in [7, 11) is 0. The van der Waals surface area contributed by atoms with E-state index >= 15 is 0 Å². The number of halogens is 1. The molecule has 0 saturated heterocycles. The molecule has 0 aliphatic carbocycles. The van der Waals surface area contributed by atoms with Gasteiger partial charge in [0.05, 0.1) is 5.52 Å². The molecule has 88 valence electrons. The van der Waals surface area contributed by atoms with Crippen molar-refractivity contribution in [2.45, 2.75) is 6.92 Å². The van der Waals surface area contributed by atoms with Gasteiger partial charge in [-0.05, 0) is 47.2 Å². The highest BCUT2D eigenvalue weighted by Crippen LogP contribution is 2.21.